The highest BCUT2D eigenvalue weighted by atomic mass is 16.5. The lowest BCUT2D eigenvalue weighted by molar-refractivity contribution is -0.117. The normalized spacial score (nSPS) is 12.0. The van der Waals surface area contributed by atoms with Crippen LogP contribution in [0.15, 0.2) is 85.1 Å². The van der Waals surface area contributed by atoms with Gasteiger partial charge in [0, 0.05) is 28.5 Å². The second-order valence-corrected chi connectivity index (χ2v) is 12.0. The summed E-state index contributed by atoms with van der Waals surface area (Å²) in [4.78, 5) is 29.8. The molecule has 0 saturated carbocycles. The number of nitrogens with zero attached hydrogens (tertiary/aromatic N) is 3. The van der Waals surface area contributed by atoms with Gasteiger partial charge in [-0.3, -0.25) is 10.1 Å². The van der Waals surface area contributed by atoms with Crippen molar-refractivity contribution in [3.8, 4) is 11.4 Å². The Morgan fingerprint density at radius 2 is 1.64 bits per heavy atom. The quantitative estimate of drug-likeness (QED) is 0.147. The van der Waals surface area contributed by atoms with Gasteiger partial charge in [0.15, 0.2) is 0 Å². The first-order chi connectivity index (χ1) is 21.5. The number of hydrogen-bond acceptors (Lipinski definition) is 6. The van der Waals surface area contributed by atoms with E-state index >= 15 is 0 Å². The van der Waals surface area contributed by atoms with Crippen LogP contribution in [0, 0.1) is 6.92 Å². The Bertz CT molecular complexity index is 1820. The van der Waals surface area contributed by atoms with Gasteiger partial charge in [-0.05, 0) is 62.9 Å². The van der Waals surface area contributed by atoms with Crippen LogP contribution < -0.4 is 26.0 Å². The van der Waals surface area contributed by atoms with Gasteiger partial charge in [-0.1, -0.05) is 62.7 Å². The highest BCUT2D eigenvalue weighted by Gasteiger charge is 2.22. The average molecular weight is 606 g/mol. The summed E-state index contributed by atoms with van der Waals surface area (Å²) in [6, 6.07) is 24.2. The van der Waals surface area contributed by atoms with Crippen LogP contribution in [-0.2, 0) is 16.8 Å². The zero-order valence-corrected chi connectivity index (χ0v) is 26.4. The van der Waals surface area contributed by atoms with E-state index in [1.807, 2.05) is 79.7 Å². The number of pyridine rings is 1. The van der Waals surface area contributed by atoms with Crippen LogP contribution in [0.5, 0.6) is 5.75 Å². The summed E-state index contributed by atoms with van der Waals surface area (Å²) < 4.78 is 7.96. The standard InChI is InChI=1S/C35H39N7O3/c1-22-11-13-25(14-12-22)42-32(20-30(41-42)35(3,4)5)40-34(44)38-28-15-16-29(27-10-8-7-9-26(27)28)45-21-24-17-18-37-31(19-24)39-33(43)23(2)36-6/h7-20,23,36H,21H2,1-6H3,(H,37,39,43)(H2,38,40,44). The molecule has 1 atom stereocenters. The number of rotatable bonds is 9. The van der Waals surface area contributed by atoms with Gasteiger partial charge in [-0.25, -0.2) is 14.5 Å². The van der Waals surface area contributed by atoms with Crippen LogP contribution in [-0.4, -0.2) is 39.8 Å². The largest absolute Gasteiger partial charge is 0.488 e. The minimum Gasteiger partial charge on any atom is -0.488 e. The summed E-state index contributed by atoms with van der Waals surface area (Å²) in [5.74, 6) is 1.52. The molecule has 0 aliphatic carbocycles. The third-order valence-electron chi connectivity index (χ3n) is 7.43. The van der Waals surface area contributed by atoms with E-state index in [0.717, 1.165) is 33.3 Å². The predicted molar refractivity (Wildman–Crippen MR) is 179 cm³/mol. The Morgan fingerprint density at radius 1 is 0.911 bits per heavy atom. The van der Waals surface area contributed by atoms with Gasteiger partial charge < -0.3 is 20.7 Å². The molecule has 10 nitrogen and oxygen atoms in total. The van der Waals surface area contributed by atoms with E-state index in [2.05, 4.69) is 47.0 Å². The smallest absolute Gasteiger partial charge is 0.324 e. The molecular formula is C35H39N7O3. The monoisotopic (exact) mass is 605 g/mol. The van der Waals surface area contributed by atoms with Gasteiger partial charge in [0.2, 0.25) is 5.91 Å². The molecule has 0 bridgehead atoms. The minimum atomic E-state index is -0.388. The number of aromatic nitrogens is 3. The van der Waals surface area contributed by atoms with Gasteiger partial charge in [-0.15, -0.1) is 0 Å². The Labute approximate surface area is 263 Å². The zero-order chi connectivity index (χ0) is 32.1. The molecule has 5 rings (SSSR count). The number of carbonyl (C=O) groups is 2. The molecule has 232 valence electrons. The first kappa shape index (κ1) is 31.2. The van der Waals surface area contributed by atoms with Gasteiger partial charge in [0.1, 0.15) is 24.0 Å². The Balaban J connectivity index is 1.33. The maximum absolute atomic E-state index is 13.4. The number of carbonyl (C=O) groups excluding carboxylic acids is 2. The van der Waals surface area contributed by atoms with Crippen molar-refractivity contribution in [3.05, 3.63) is 102 Å². The maximum atomic E-state index is 13.4. The summed E-state index contributed by atoms with van der Waals surface area (Å²) in [6.07, 6.45) is 1.64. The van der Waals surface area contributed by atoms with Crippen LogP contribution >= 0.6 is 0 Å². The number of ether oxygens (including phenoxy) is 1. The topological polar surface area (TPSA) is 122 Å². The molecule has 0 aliphatic rings. The van der Waals surface area contributed by atoms with Gasteiger partial charge in [0.05, 0.1) is 23.1 Å². The molecule has 0 saturated heterocycles. The Hall–Kier alpha value is -5.22. The first-order valence-corrected chi connectivity index (χ1v) is 14.8. The van der Waals surface area contributed by atoms with Crippen LogP contribution in [0.4, 0.5) is 22.1 Å². The van der Waals surface area contributed by atoms with E-state index in [-0.39, 0.29) is 30.0 Å². The zero-order valence-electron chi connectivity index (χ0n) is 26.4. The Kier molecular flexibility index (Phi) is 9.15. The van der Waals surface area contributed by atoms with Crippen LogP contribution in [0.25, 0.3) is 16.5 Å². The molecule has 0 spiro atoms. The summed E-state index contributed by atoms with van der Waals surface area (Å²) in [5, 5.41) is 18.2. The fourth-order valence-corrected chi connectivity index (χ4v) is 4.65. The molecule has 5 aromatic rings. The summed E-state index contributed by atoms with van der Waals surface area (Å²) in [5.41, 5.74) is 4.15. The van der Waals surface area contributed by atoms with Crippen molar-refractivity contribution in [2.24, 2.45) is 0 Å². The fraction of sp³-hybridized carbons (Fsp3) is 0.257. The number of aryl methyl sites for hydroxylation is 1. The van der Waals surface area contributed by atoms with Crippen molar-refractivity contribution in [2.45, 2.75) is 52.7 Å². The van der Waals surface area contributed by atoms with E-state index in [1.165, 1.54) is 0 Å². The molecule has 45 heavy (non-hydrogen) atoms. The van der Waals surface area contributed by atoms with Gasteiger partial charge in [0.25, 0.3) is 0 Å². The molecular weight excluding hydrogens is 566 g/mol. The molecule has 2 heterocycles. The van der Waals surface area contributed by atoms with Gasteiger partial charge >= 0.3 is 6.03 Å². The first-order valence-electron chi connectivity index (χ1n) is 14.8. The maximum Gasteiger partial charge on any atom is 0.324 e. The number of likely N-dealkylation sites (N-methyl/N-ethyl adjacent to an activating group) is 1. The van der Waals surface area contributed by atoms with Crippen molar-refractivity contribution in [1.82, 2.24) is 20.1 Å². The SMILES string of the molecule is CNC(C)C(=O)Nc1cc(COc2ccc(NC(=O)Nc3cc(C(C)(C)C)nn3-c3ccc(C)cc3)c3ccccc23)ccn1. The van der Waals surface area contributed by atoms with E-state index in [4.69, 9.17) is 9.84 Å². The second-order valence-electron chi connectivity index (χ2n) is 12.0. The van der Waals surface area contributed by atoms with Crippen LogP contribution in [0.1, 0.15) is 44.5 Å². The number of urea groups is 1. The van der Waals surface area contributed by atoms with Gasteiger partial charge in [-0.2, -0.15) is 5.10 Å². The minimum absolute atomic E-state index is 0.171. The number of nitrogens with one attached hydrogen (secondary N) is 4. The molecule has 1 unspecified atom stereocenters. The van der Waals surface area contributed by atoms with Crippen molar-refractivity contribution < 1.29 is 14.3 Å². The second kappa shape index (κ2) is 13.2. The lowest BCUT2D eigenvalue weighted by Crippen LogP contribution is -2.35. The third kappa shape index (κ3) is 7.47. The molecule has 3 amide bonds. The number of fused-ring (bicyclic) bond motifs is 1. The van der Waals surface area contributed by atoms with Crippen molar-refractivity contribution in [1.29, 1.82) is 0 Å². The highest BCUT2D eigenvalue weighted by Crippen LogP contribution is 2.33. The van der Waals surface area contributed by atoms with Crippen molar-refractivity contribution >= 4 is 40.0 Å². The van der Waals surface area contributed by atoms with E-state index in [9.17, 15) is 9.59 Å². The van der Waals surface area contributed by atoms with Crippen molar-refractivity contribution in [3.63, 3.8) is 0 Å². The summed E-state index contributed by atoms with van der Waals surface area (Å²) >= 11 is 0. The summed E-state index contributed by atoms with van der Waals surface area (Å²) in [6.45, 7) is 10.3. The fourth-order valence-electron chi connectivity index (χ4n) is 4.65. The third-order valence-corrected chi connectivity index (χ3v) is 7.43. The Morgan fingerprint density at radius 3 is 2.36 bits per heavy atom. The molecule has 0 radical (unpaired) electrons. The number of benzene rings is 3. The molecule has 10 heteroatoms. The number of anilines is 3. The van der Waals surface area contributed by atoms with Crippen LogP contribution in [0.3, 0.4) is 0 Å². The van der Waals surface area contributed by atoms with Crippen molar-refractivity contribution in [2.75, 3.05) is 23.0 Å². The summed E-state index contributed by atoms with van der Waals surface area (Å²) in [7, 11) is 1.73. The van der Waals surface area contributed by atoms with E-state index < -0.39 is 0 Å². The van der Waals surface area contributed by atoms with E-state index in [1.54, 1.807) is 30.9 Å². The number of hydrogen-bond donors (Lipinski definition) is 4. The molecule has 2 aromatic heterocycles. The number of amides is 3. The van der Waals surface area contributed by atoms with E-state index in [0.29, 0.717) is 23.1 Å². The van der Waals surface area contributed by atoms with Crippen LogP contribution in [0.2, 0.25) is 0 Å². The average Bonchev–Trinajstić information content (AvgIpc) is 3.45. The molecule has 3 aromatic carbocycles. The molecule has 0 aliphatic heterocycles. The molecule has 4 N–H and O–H groups in total. The highest BCUT2D eigenvalue weighted by molar-refractivity contribution is 6.07. The lowest BCUT2D eigenvalue weighted by Gasteiger charge is -2.15. The lowest BCUT2D eigenvalue weighted by atomic mass is 9.92. The molecule has 0 fully saturated rings. The predicted octanol–water partition coefficient (Wildman–Crippen LogP) is 6.80.